The Hall–Kier alpha value is -1.32. The fourth-order valence-corrected chi connectivity index (χ4v) is 4.35. The number of nitrogens with two attached hydrogens (primary N) is 1. The van der Waals surface area contributed by atoms with Crippen molar-refractivity contribution in [3.05, 3.63) is 12.2 Å². The highest BCUT2D eigenvalue weighted by atomic mass is 16.2. The summed E-state index contributed by atoms with van der Waals surface area (Å²) >= 11 is 0. The van der Waals surface area contributed by atoms with Crippen molar-refractivity contribution < 1.29 is 9.59 Å². The number of unbranched alkanes of at least 4 members (excludes halogenated alkanes) is 1. The molecular weight excluding hydrogens is 288 g/mol. The van der Waals surface area contributed by atoms with Crippen LogP contribution in [0.3, 0.4) is 0 Å². The topological polar surface area (TPSA) is 72.2 Å². The van der Waals surface area contributed by atoms with Crippen molar-refractivity contribution in [3.8, 4) is 0 Å². The Kier molecular flexibility index (Phi) is 6.67. The Labute approximate surface area is 140 Å². The molecule has 1 fully saturated rings. The van der Waals surface area contributed by atoms with Crippen molar-refractivity contribution in [3.63, 3.8) is 0 Å². The predicted octanol–water partition coefficient (Wildman–Crippen LogP) is 3.02. The van der Waals surface area contributed by atoms with Gasteiger partial charge in [-0.05, 0) is 42.4 Å². The minimum absolute atomic E-state index is 0.139. The molecular formula is C19H32N2O2. The van der Waals surface area contributed by atoms with Crippen molar-refractivity contribution >= 4 is 11.8 Å². The first-order valence-electron chi connectivity index (χ1n) is 9.28. The summed E-state index contributed by atoms with van der Waals surface area (Å²) in [5.74, 6) is 1.92. The minimum atomic E-state index is -0.244. The van der Waals surface area contributed by atoms with Crippen LogP contribution in [0.5, 0.6) is 0 Å². The largest absolute Gasteiger partial charge is 0.370 e. The van der Waals surface area contributed by atoms with E-state index in [1.54, 1.807) is 0 Å². The van der Waals surface area contributed by atoms with Crippen LogP contribution in [0, 0.1) is 29.6 Å². The summed E-state index contributed by atoms with van der Waals surface area (Å²) in [4.78, 5) is 23.7. The maximum atomic E-state index is 12.3. The highest BCUT2D eigenvalue weighted by Gasteiger charge is 2.45. The molecule has 2 aliphatic rings. The Morgan fingerprint density at radius 3 is 2.39 bits per heavy atom. The average Bonchev–Trinajstić information content (AvgIpc) is 3.10. The summed E-state index contributed by atoms with van der Waals surface area (Å²) in [5.41, 5.74) is 5.40. The highest BCUT2D eigenvalue weighted by Crippen LogP contribution is 2.50. The molecule has 4 nitrogen and oxygen atoms in total. The quantitative estimate of drug-likeness (QED) is 0.607. The molecule has 2 amide bonds. The van der Waals surface area contributed by atoms with E-state index >= 15 is 0 Å². The maximum Gasteiger partial charge on any atom is 0.220 e. The van der Waals surface area contributed by atoms with E-state index < -0.39 is 0 Å². The second-order valence-electron chi connectivity index (χ2n) is 7.37. The van der Waals surface area contributed by atoms with E-state index in [2.05, 4.69) is 31.3 Å². The molecule has 1 saturated carbocycles. The van der Waals surface area contributed by atoms with Gasteiger partial charge in [-0.3, -0.25) is 9.59 Å². The molecule has 2 bridgehead atoms. The van der Waals surface area contributed by atoms with Gasteiger partial charge in [0.1, 0.15) is 0 Å². The first kappa shape index (κ1) is 18.0. The molecule has 0 saturated heterocycles. The summed E-state index contributed by atoms with van der Waals surface area (Å²) in [5, 5.41) is 3.12. The Morgan fingerprint density at radius 2 is 1.83 bits per heavy atom. The Bertz CT molecular complexity index is 447. The lowest BCUT2D eigenvalue weighted by Crippen LogP contribution is -2.34. The smallest absolute Gasteiger partial charge is 0.220 e. The fourth-order valence-electron chi connectivity index (χ4n) is 4.35. The van der Waals surface area contributed by atoms with Gasteiger partial charge in [0.05, 0.1) is 0 Å². The van der Waals surface area contributed by atoms with Crippen LogP contribution in [-0.2, 0) is 9.59 Å². The molecule has 0 spiro atoms. The number of nitrogens with one attached hydrogen (secondary N) is 1. The van der Waals surface area contributed by atoms with Crippen molar-refractivity contribution in [1.29, 1.82) is 0 Å². The van der Waals surface area contributed by atoms with Gasteiger partial charge in [0.2, 0.25) is 11.8 Å². The van der Waals surface area contributed by atoms with Gasteiger partial charge in [-0.25, -0.2) is 0 Å². The second kappa shape index (κ2) is 8.51. The molecule has 2 aliphatic carbocycles. The van der Waals surface area contributed by atoms with Gasteiger partial charge in [-0.2, -0.15) is 0 Å². The number of hydrogen-bond acceptors (Lipinski definition) is 2. The molecule has 0 radical (unpaired) electrons. The van der Waals surface area contributed by atoms with Gasteiger partial charge in [0.25, 0.3) is 0 Å². The molecule has 23 heavy (non-hydrogen) atoms. The third-order valence-electron chi connectivity index (χ3n) is 5.79. The second-order valence-corrected chi connectivity index (χ2v) is 7.37. The average molecular weight is 320 g/mol. The van der Waals surface area contributed by atoms with Gasteiger partial charge in [-0.1, -0.05) is 45.3 Å². The van der Waals surface area contributed by atoms with E-state index in [0.29, 0.717) is 30.6 Å². The molecule has 0 aromatic carbocycles. The highest BCUT2D eigenvalue weighted by molar-refractivity contribution is 5.77. The van der Waals surface area contributed by atoms with E-state index in [-0.39, 0.29) is 23.7 Å². The standard InChI is InChI=1S/C19H32N2O2/c1-3-5-6-13(4-2)12-21-19(23)11-17-15-8-7-14(9-15)16(17)10-18(20)22/h7-8,13-17H,3-6,9-12H2,1-2H3,(H2,20,22)(H,21,23). The van der Waals surface area contributed by atoms with Crippen LogP contribution in [0.2, 0.25) is 0 Å². The lowest BCUT2D eigenvalue weighted by molar-refractivity contribution is -0.124. The van der Waals surface area contributed by atoms with Crippen molar-refractivity contribution in [2.45, 2.75) is 58.8 Å². The zero-order valence-corrected chi connectivity index (χ0v) is 14.6. The van der Waals surface area contributed by atoms with E-state index in [0.717, 1.165) is 19.4 Å². The van der Waals surface area contributed by atoms with Crippen molar-refractivity contribution in [1.82, 2.24) is 5.32 Å². The number of hydrogen-bond donors (Lipinski definition) is 2. The molecule has 0 heterocycles. The molecule has 2 rings (SSSR count). The van der Waals surface area contributed by atoms with Gasteiger partial charge in [-0.15, -0.1) is 0 Å². The van der Waals surface area contributed by atoms with Crippen LogP contribution in [0.1, 0.15) is 58.8 Å². The molecule has 0 aromatic rings. The fraction of sp³-hybridized carbons (Fsp3) is 0.789. The normalized spacial score (nSPS) is 29.7. The summed E-state index contributed by atoms with van der Waals surface area (Å²) in [6, 6.07) is 0. The molecule has 5 atom stereocenters. The number of amides is 2. The van der Waals surface area contributed by atoms with Gasteiger partial charge < -0.3 is 11.1 Å². The lowest BCUT2D eigenvalue weighted by atomic mass is 9.79. The van der Waals surface area contributed by atoms with Gasteiger partial charge in [0, 0.05) is 19.4 Å². The third-order valence-corrected chi connectivity index (χ3v) is 5.79. The van der Waals surface area contributed by atoms with Crippen molar-refractivity contribution in [2.24, 2.45) is 35.3 Å². The first-order chi connectivity index (χ1) is 11.0. The Balaban J connectivity index is 1.81. The monoisotopic (exact) mass is 320 g/mol. The van der Waals surface area contributed by atoms with Gasteiger partial charge >= 0.3 is 0 Å². The third kappa shape index (κ3) is 4.82. The van der Waals surface area contributed by atoms with E-state index in [1.165, 1.54) is 19.3 Å². The molecule has 3 N–H and O–H groups in total. The molecule has 0 aliphatic heterocycles. The Morgan fingerprint density at radius 1 is 1.17 bits per heavy atom. The van der Waals surface area contributed by atoms with Crippen LogP contribution >= 0.6 is 0 Å². The van der Waals surface area contributed by atoms with E-state index in [1.807, 2.05) is 0 Å². The van der Waals surface area contributed by atoms with Crippen LogP contribution in [0.4, 0.5) is 0 Å². The zero-order chi connectivity index (χ0) is 16.8. The van der Waals surface area contributed by atoms with Crippen molar-refractivity contribution in [2.75, 3.05) is 6.54 Å². The first-order valence-corrected chi connectivity index (χ1v) is 9.28. The summed E-state index contributed by atoms with van der Waals surface area (Å²) in [7, 11) is 0. The lowest BCUT2D eigenvalue weighted by Gasteiger charge is -2.27. The molecule has 5 unspecified atom stereocenters. The molecule has 130 valence electrons. The maximum absolute atomic E-state index is 12.3. The van der Waals surface area contributed by atoms with Crippen LogP contribution < -0.4 is 11.1 Å². The number of fused-ring (bicyclic) bond motifs is 2. The molecule has 4 heteroatoms. The number of primary amides is 1. The van der Waals surface area contributed by atoms with Crippen LogP contribution in [0.15, 0.2) is 12.2 Å². The number of allylic oxidation sites excluding steroid dienone is 2. The number of carbonyl (C=O) groups is 2. The SMILES string of the molecule is CCCCC(CC)CNC(=O)CC1C2C=CC(C2)C1CC(N)=O. The van der Waals surface area contributed by atoms with E-state index in [4.69, 9.17) is 5.73 Å². The van der Waals surface area contributed by atoms with Gasteiger partial charge in [0.15, 0.2) is 0 Å². The van der Waals surface area contributed by atoms with E-state index in [9.17, 15) is 9.59 Å². The zero-order valence-electron chi connectivity index (χ0n) is 14.6. The minimum Gasteiger partial charge on any atom is -0.370 e. The predicted molar refractivity (Wildman–Crippen MR) is 92.5 cm³/mol. The van der Waals surface area contributed by atoms with Crippen LogP contribution in [-0.4, -0.2) is 18.4 Å². The summed E-state index contributed by atoms with van der Waals surface area (Å²) < 4.78 is 0. The molecule has 0 aromatic heterocycles. The number of rotatable bonds is 10. The number of carbonyl (C=O) groups excluding carboxylic acids is 2. The van der Waals surface area contributed by atoms with Crippen LogP contribution in [0.25, 0.3) is 0 Å². The summed E-state index contributed by atoms with van der Waals surface area (Å²) in [6.45, 7) is 5.18. The summed E-state index contributed by atoms with van der Waals surface area (Å²) in [6.07, 6.45) is 11.2.